The highest BCUT2D eigenvalue weighted by atomic mass is 16.5. The van der Waals surface area contributed by atoms with Gasteiger partial charge in [-0.2, -0.15) is 0 Å². The van der Waals surface area contributed by atoms with Gasteiger partial charge in [0.15, 0.2) is 0 Å². The van der Waals surface area contributed by atoms with Crippen LogP contribution in [-0.4, -0.2) is 91.7 Å². The van der Waals surface area contributed by atoms with Crippen LogP contribution in [0.15, 0.2) is 30.3 Å². The molecular formula is C21H32N4O2. The number of piperidine rings is 1. The molecule has 1 N–H and O–H groups in total. The zero-order valence-corrected chi connectivity index (χ0v) is 16.2. The van der Waals surface area contributed by atoms with Gasteiger partial charge in [0, 0.05) is 64.9 Å². The molecule has 3 heterocycles. The monoisotopic (exact) mass is 372 g/mol. The van der Waals surface area contributed by atoms with E-state index in [-0.39, 0.29) is 12.0 Å². The average Bonchev–Trinajstić information content (AvgIpc) is 2.75. The number of amides is 1. The number of morpholine rings is 1. The van der Waals surface area contributed by atoms with Crippen molar-refractivity contribution < 1.29 is 9.53 Å². The first kappa shape index (κ1) is 18.9. The molecule has 3 aliphatic rings. The first-order chi connectivity index (χ1) is 13.3. The van der Waals surface area contributed by atoms with Crippen molar-refractivity contribution in [3.63, 3.8) is 0 Å². The molecule has 1 unspecified atom stereocenters. The minimum absolute atomic E-state index is 0.174. The largest absolute Gasteiger partial charge is 0.366 e. The van der Waals surface area contributed by atoms with Crippen LogP contribution in [0.1, 0.15) is 18.4 Å². The van der Waals surface area contributed by atoms with Crippen molar-refractivity contribution in [3.8, 4) is 0 Å². The Morgan fingerprint density at radius 1 is 1.04 bits per heavy atom. The Kier molecular flexibility index (Phi) is 6.39. The van der Waals surface area contributed by atoms with Crippen molar-refractivity contribution in [2.75, 3.05) is 59.0 Å². The third kappa shape index (κ3) is 4.88. The van der Waals surface area contributed by atoms with Crippen LogP contribution in [-0.2, 0) is 16.1 Å². The van der Waals surface area contributed by atoms with E-state index < -0.39 is 0 Å². The van der Waals surface area contributed by atoms with Crippen molar-refractivity contribution in [1.29, 1.82) is 0 Å². The lowest BCUT2D eigenvalue weighted by atomic mass is 10.0. The van der Waals surface area contributed by atoms with Crippen LogP contribution >= 0.6 is 0 Å². The SMILES string of the molecule is O=C(C1CNCCO1)N1CCC(N2CCN(Cc3ccccc3)CC2)CC1. The molecule has 3 saturated heterocycles. The summed E-state index contributed by atoms with van der Waals surface area (Å²) >= 11 is 0. The molecule has 27 heavy (non-hydrogen) atoms. The summed E-state index contributed by atoms with van der Waals surface area (Å²) in [5.41, 5.74) is 1.40. The molecule has 1 aromatic carbocycles. The van der Waals surface area contributed by atoms with E-state index in [1.165, 1.54) is 5.56 Å². The number of ether oxygens (including phenoxy) is 1. The standard InChI is InChI=1S/C21H32N4O2/c26-21(20-16-22-8-15-27-20)25-9-6-19(7-10-25)24-13-11-23(12-14-24)17-18-4-2-1-3-5-18/h1-5,19-20,22H,6-17H2. The Balaban J connectivity index is 1.20. The van der Waals surface area contributed by atoms with E-state index >= 15 is 0 Å². The lowest BCUT2D eigenvalue weighted by Gasteiger charge is -2.43. The first-order valence-corrected chi connectivity index (χ1v) is 10.4. The number of hydrogen-bond donors (Lipinski definition) is 1. The predicted molar refractivity (Wildman–Crippen MR) is 106 cm³/mol. The van der Waals surface area contributed by atoms with Gasteiger partial charge in [-0.15, -0.1) is 0 Å². The number of carbonyl (C=O) groups excluding carboxylic acids is 1. The Hall–Kier alpha value is -1.47. The number of carbonyl (C=O) groups is 1. The van der Waals surface area contributed by atoms with Gasteiger partial charge in [0.1, 0.15) is 6.10 Å². The van der Waals surface area contributed by atoms with Gasteiger partial charge in [-0.3, -0.25) is 14.6 Å². The van der Waals surface area contributed by atoms with Crippen molar-refractivity contribution in [2.45, 2.75) is 31.5 Å². The van der Waals surface area contributed by atoms with E-state index in [0.717, 1.165) is 65.2 Å². The topological polar surface area (TPSA) is 48.1 Å². The molecule has 148 valence electrons. The van der Waals surface area contributed by atoms with Gasteiger partial charge in [-0.25, -0.2) is 0 Å². The molecule has 0 aromatic heterocycles. The fourth-order valence-corrected chi connectivity index (χ4v) is 4.51. The number of piperazine rings is 1. The second kappa shape index (κ2) is 9.15. The Bertz CT molecular complexity index is 589. The Morgan fingerprint density at radius 3 is 2.44 bits per heavy atom. The fraction of sp³-hybridized carbons (Fsp3) is 0.667. The molecule has 6 nitrogen and oxygen atoms in total. The summed E-state index contributed by atoms with van der Waals surface area (Å²) in [4.78, 5) is 19.8. The van der Waals surface area contributed by atoms with Crippen LogP contribution in [0.3, 0.4) is 0 Å². The smallest absolute Gasteiger partial charge is 0.253 e. The molecular weight excluding hydrogens is 340 g/mol. The highest BCUT2D eigenvalue weighted by Gasteiger charge is 2.32. The number of benzene rings is 1. The first-order valence-electron chi connectivity index (χ1n) is 10.4. The minimum Gasteiger partial charge on any atom is -0.366 e. The molecule has 4 rings (SSSR count). The third-order valence-electron chi connectivity index (χ3n) is 6.15. The molecule has 1 amide bonds. The lowest BCUT2D eigenvalue weighted by Crippen LogP contribution is -2.55. The zero-order chi connectivity index (χ0) is 18.5. The average molecular weight is 373 g/mol. The number of likely N-dealkylation sites (tertiary alicyclic amines) is 1. The van der Waals surface area contributed by atoms with E-state index in [4.69, 9.17) is 4.74 Å². The van der Waals surface area contributed by atoms with Crippen molar-refractivity contribution in [1.82, 2.24) is 20.0 Å². The van der Waals surface area contributed by atoms with Crippen LogP contribution in [0.5, 0.6) is 0 Å². The quantitative estimate of drug-likeness (QED) is 0.847. The normalized spacial score (nSPS) is 26.2. The molecule has 6 heteroatoms. The summed E-state index contributed by atoms with van der Waals surface area (Å²) in [7, 11) is 0. The summed E-state index contributed by atoms with van der Waals surface area (Å²) in [6, 6.07) is 11.4. The van der Waals surface area contributed by atoms with Gasteiger partial charge in [0.25, 0.3) is 5.91 Å². The number of hydrogen-bond acceptors (Lipinski definition) is 5. The maximum atomic E-state index is 12.6. The molecule has 0 bridgehead atoms. The van der Waals surface area contributed by atoms with E-state index in [9.17, 15) is 4.79 Å². The molecule has 1 atom stereocenters. The Morgan fingerprint density at radius 2 is 1.78 bits per heavy atom. The van der Waals surface area contributed by atoms with E-state index in [2.05, 4.69) is 45.4 Å². The van der Waals surface area contributed by atoms with Gasteiger partial charge in [-0.1, -0.05) is 30.3 Å². The van der Waals surface area contributed by atoms with E-state index in [0.29, 0.717) is 19.2 Å². The van der Waals surface area contributed by atoms with Crippen molar-refractivity contribution in [2.24, 2.45) is 0 Å². The summed E-state index contributed by atoms with van der Waals surface area (Å²) in [5, 5.41) is 3.25. The van der Waals surface area contributed by atoms with Crippen LogP contribution < -0.4 is 5.32 Å². The van der Waals surface area contributed by atoms with Gasteiger partial charge in [-0.05, 0) is 18.4 Å². The highest BCUT2D eigenvalue weighted by molar-refractivity contribution is 5.81. The molecule has 1 aromatic rings. The van der Waals surface area contributed by atoms with Crippen LogP contribution in [0.25, 0.3) is 0 Å². The number of nitrogens with one attached hydrogen (secondary N) is 1. The number of nitrogens with zero attached hydrogens (tertiary/aromatic N) is 3. The summed E-state index contributed by atoms with van der Waals surface area (Å²) in [6.45, 7) is 9.48. The van der Waals surface area contributed by atoms with Gasteiger partial charge in [0.2, 0.25) is 0 Å². The van der Waals surface area contributed by atoms with Crippen molar-refractivity contribution >= 4 is 5.91 Å². The van der Waals surface area contributed by atoms with Crippen LogP contribution in [0.4, 0.5) is 0 Å². The molecule has 0 saturated carbocycles. The summed E-state index contributed by atoms with van der Waals surface area (Å²) in [5.74, 6) is 0.174. The zero-order valence-electron chi connectivity index (χ0n) is 16.2. The van der Waals surface area contributed by atoms with Crippen LogP contribution in [0.2, 0.25) is 0 Å². The Labute approximate surface area is 162 Å². The van der Waals surface area contributed by atoms with E-state index in [1.807, 2.05) is 4.90 Å². The van der Waals surface area contributed by atoms with Gasteiger partial charge in [0.05, 0.1) is 6.61 Å². The molecule has 0 aliphatic carbocycles. The van der Waals surface area contributed by atoms with E-state index in [1.54, 1.807) is 0 Å². The molecule has 0 radical (unpaired) electrons. The number of rotatable bonds is 4. The lowest BCUT2D eigenvalue weighted by molar-refractivity contribution is -0.146. The maximum absolute atomic E-state index is 12.6. The third-order valence-corrected chi connectivity index (χ3v) is 6.15. The molecule has 3 aliphatic heterocycles. The summed E-state index contributed by atoms with van der Waals surface area (Å²) in [6.07, 6.45) is 1.90. The maximum Gasteiger partial charge on any atom is 0.253 e. The van der Waals surface area contributed by atoms with Crippen LogP contribution in [0, 0.1) is 0 Å². The minimum atomic E-state index is -0.281. The second-order valence-electron chi connectivity index (χ2n) is 7.92. The predicted octanol–water partition coefficient (Wildman–Crippen LogP) is 0.784. The second-order valence-corrected chi connectivity index (χ2v) is 7.92. The fourth-order valence-electron chi connectivity index (χ4n) is 4.51. The molecule has 0 spiro atoms. The highest BCUT2D eigenvalue weighted by Crippen LogP contribution is 2.20. The molecule has 3 fully saturated rings. The van der Waals surface area contributed by atoms with Gasteiger partial charge >= 0.3 is 0 Å². The van der Waals surface area contributed by atoms with Crippen molar-refractivity contribution in [3.05, 3.63) is 35.9 Å². The summed E-state index contributed by atoms with van der Waals surface area (Å²) < 4.78 is 5.63. The van der Waals surface area contributed by atoms with Gasteiger partial charge < -0.3 is 15.0 Å².